The topological polar surface area (TPSA) is 128 Å². The molecule has 0 saturated carbocycles. The number of benzene rings is 2. The van der Waals surface area contributed by atoms with Crippen LogP contribution in [0.1, 0.15) is 13.3 Å². The molecule has 0 unspecified atom stereocenters. The summed E-state index contributed by atoms with van der Waals surface area (Å²) in [7, 11) is -3.91. The molecule has 1 N–H and O–H groups in total. The fraction of sp³-hybridized carbons (Fsp3) is 0.350. The Bertz CT molecular complexity index is 1070. The highest BCUT2D eigenvalue weighted by Crippen LogP contribution is 2.31. The molecule has 0 aromatic heterocycles. The first-order valence-electron chi connectivity index (χ1n) is 9.60. The van der Waals surface area contributed by atoms with Crippen LogP contribution in [0, 0.1) is 10.1 Å². The monoisotopic (exact) mass is 449 g/mol. The SMILES string of the molecule is CC[C@@H](C(=O)NC[C@@H]1COc2ccccc2O1)N(c1cccc([N+](=O)[O-])c1)S(C)(=O)=O. The van der Waals surface area contributed by atoms with Crippen LogP contribution in [0.15, 0.2) is 48.5 Å². The predicted molar refractivity (Wildman–Crippen MR) is 114 cm³/mol. The number of amides is 1. The van der Waals surface area contributed by atoms with E-state index in [9.17, 15) is 23.3 Å². The summed E-state index contributed by atoms with van der Waals surface area (Å²) in [5.74, 6) is 0.640. The van der Waals surface area contributed by atoms with E-state index in [4.69, 9.17) is 9.47 Å². The molecule has 0 fully saturated rings. The molecule has 0 bridgehead atoms. The summed E-state index contributed by atoms with van der Waals surface area (Å²) in [4.78, 5) is 23.4. The second-order valence-electron chi connectivity index (χ2n) is 7.00. The third kappa shape index (κ3) is 5.23. The average molecular weight is 449 g/mol. The van der Waals surface area contributed by atoms with Crippen LogP contribution in [0.2, 0.25) is 0 Å². The van der Waals surface area contributed by atoms with Crippen molar-refractivity contribution in [2.24, 2.45) is 0 Å². The molecule has 11 heteroatoms. The number of anilines is 1. The maximum atomic E-state index is 12.9. The molecule has 2 aromatic carbocycles. The number of nitro groups is 1. The minimum Gasteiger partial charge on any atom is -0.486 e. The number of nitrogens with one attached hydrogen (secondary N) is 1. The number of hydrogen-bond acceptors (Lipinski definition) is 7. The molecule has 1 amide bonds. The predicted octanol–water partition coefficient (Wildman–Crippen LogP) is 2.10. The Labute approximate surface area is 180 Å². The lowest BCUT2D eigenvalue weighted by Gasteiger charge is -2.31. The summed E-state index contributed by atoms with van der Waals surface area (Å²) in [6, 6.07) is 11.2. The molecule has 2 atom stereocenters. The molecule has 1 aliphatic rings. The molecule has 166 valence electrons. The van der Waals surface area contributed by atoms with Gasteiger partial charge in [-0.25, -0.2) is 8.42 Å². The van der Waals surface area contributed by atoms with Gasteiger partial charge in [0.2, 0.25) is 15.9 Å². The van der Waals surface area contributed by atoms with Gasteiger partial charge in [0.25, 0.3) is 5.69 Å². The van der Waals surface area contributed by atoms with E-state index in [1.54, 1.807) is 25.1 Å². The number of rotatable bonds is 8. The third-order valence-corrected chi connectivity index (χ3v) is 5.88. The second-order valence-corrected chi connectivity index (χ2v) is 8.86. The van der Waals surface area contributed by atoms with Crippen LogP contribution in [0.3, 0.4) is 0 Å². The lowest BCUT2D eigenvalue weighted by Crippen LogP contribution is -2.51. The van der Waals surface area contributed by atoms with Gasteiger partial charge >= 0.3 is 0 Å². The number of hydrogen-bond donors (Lipinski definition) is 1. The van der Waals surface area contributed by atoms with Gasteiger partial charge in [0.05, 0.1) is 23.4 Å². The highest BCUT2D eigenvalue weighted by atomic mass is 32.2. The summed E-state index contributed by atoms with van der Waals surface area (Å²) < 4.78 is 37.3. The van der Waals surface area contributed by atoms with Crippen molar-refractivity contribution in [1.29, 1.82) is 0 Å². The van der Waals surface area contributed by atoms with E-state index < -0.39 is 33.0 Å². The van der Waals surface area contributed by atoms with E-state index in [1.807, 2.05) is 6.07 Å². The molecule has 1 aliphatic heterocycles. The van der Waals surface area contributed by atoms with E-state index in [2.05, 4.69) is 5.32 Å². The Morgan fingerprint density at radius 1 is 1.26 bits per heavy atom. The van der Waals surface area contributed by atoms with Crippen molar-refractivity contribution in [2.45, 2.75) is 25.5 Å². The van der Waals surface area contributed by atoms with E-state index in [1.165, 1.54) is 18.2 Å². The lowest BCUT2D eigenvalue weighted by molar-refractivity contribution is -0.384. The van der Waals surface area contributed by atoms with Gasteiger partial charge in [-0.05, 0) is 24.6 Å². The Morgan fingerprint density at radius 2 is 1.97 bits per heavy atom. The summed E-state index contributed by atoms with van der Waals surface area (Å²) in [6.07, 6.45) is 0.671. The van der Waals surface area contributed by atoms with Crippen molar-refractivity contribution in [1.82, 2.24) is 5.32 Å². The number of fused-ring (bicyclic) bond motifs is 1. The first kappa shape index (κ1) is 22.3. The molecule has 2 aromatic rings. The van der Waals surface area contributed by atoms with E-state index in [-0.39, 0.29) is 30.9 Å². The number of para-hydroxylation sites is 2. The zero-order chi connectivity index (χ0) is 22.6. The molecule has 1 heterocycles. The van der Waals surface area contributed by atoms with Crippen molar-refractivity contribution in [3.05, 3.63) is 58.6 Å². The van der Waals surface area contributed by atoms with E-state index >= 15 is 0 Å². The van der Waals surface area contributed by atoms with Crippen molar-refractivity contribution in [3.63, 3.8) is 0 Å². The standard InChI is InChI=1S/C20H23N3O7S/c1-3-17(22(31(2,27)28)14-7-6-8-15(11-14)23(25)26)20(24)21-12-16-13-29-18-9-4-5-10-19(18)30-16/h4-11,16-17H,3,12-13H2,1-2H3,(H,21,24)/t16-,17+/m1/s1. The second kappa shape index (κ2) is 9.21. The first-order chi connectivity index (χ1) is 14.7. The van der Waals surface area contributed by atoms with Crippen molar-refractivity contribution < 1.29 is 27.6 Å². The van der Waals surface area contributed by atoms with Gasteiger partial charge in [-0.3, -0.25) is 19.2 Å². The lowest BCUT2D eigenvalue weighted by atomic mass is 10.1. The van der Waals surface area contributed by atoms with Crippen molar-refractivity contribution in [2.75, 3.05) is 23.7 Å². The summed E-state index contributed by atoms with van der Waals surface area (Å²) in [5.41, 5.74) is -0.224. The number of nitro benzene ring substituents is 1. The zero-order valence-corrected chi connectivity index (χ0v) is 17.9. The molecular weight excluding hydrogens is 426 g/mol. The zero-order valence-electron chi connectivity index (χ0n) is 17.1. The number of carbonyl (C=O) groups excluding carboxylic acids is 1. The molecule has 0 spiro atoms. The van der Waals surface area contributed by atoms with Crippen LogP contribution in [0.4, 0.5) is 11.4 Å². The number of carbonyl (C=O) groups is 1. The summed E-state index contributed by atoms with van der Waals surface area (Å²) in [5, 5.41) is 13.8. The fourth-order valence-corrected chi connectivity index (χ4v) is 4.50. The normalized spacial score (nSPS) is 16.3. The Kier molecular flexibility index (Phi) is 6.64. The van der Waals surface area contributed by atoms with Gasteiger partial charge in [-0.1, -0.05) is 25.1 Å². The first-order valence-corrected chi connectivity index (χ1v) is 11.5. The van der Waals surface area contributed by atoms with Crippen LogP contribution in [0.25, 0.3) is 0 Å². The quantitative estimate of drug-likeness (QED) is 0.483. The molecule has 0 aliphatic carbocycles. The van der Waals surface area contributed by atoms with Gasteiger partial charge in [0.15, 0.2) is 11.5 Å². The molecule has 0 saturated heterocycles. The average Bonchev–Trinajstić information content (AvgIpc) is 2.74. The maximum Gasteiger partial charge on any atom is 0.271 e. The van der Waals surface area contributed by atoms with Crippen LogP contribution < -0.4 is 19.1 Å². The minimum absolute atomic E-state index is 0.0462. The van der Waals surface area contributed by atoms with E-state index in [0.717, 1.165) is 16.6 Å². The number of ether oxygens (including phenoxy) is 2. The maximum absolute atomic E-state index is 12.9. The molecule has 31 heavy (non-hydrogen) atoms. The number of non-ortho nitro benzene ring substituents is 1. The number of nitrogens with zero attached hydrogens (tertiary/aromatic N) is 2. The van der Waals surface area contributed by atoms with Crippen LogP contribution in [0.5, 0.6) is 11.5 Å². The number of sulfonamides is 1. The molecule has 10 nitrogen and oxygen atoms in total. The molecular formula is C20H23N3O7S. The van der Waals surface area contributed by atoms with Gasteiger partial charge in [0.1, 0.15) is 18.8 Å². The smallest absolute Gasteiger partial charge is 0.271 e. The van der Waals surface area contributed by atoms with Crippen molar-refractivity contribution >= 4 is 27.3 Å². The van der Waals surface area contributed by atoms with E-state index in [0.29, 0.717) is 11.5 Å². The Balaban J connectivity index is 1.76. The van der Waals surface area contributed by atoms with Gasteiger partial charge in [-0.2, -0.15) is 0 Å². The highest BCUT2D eigenvalue weighted by Gasteiger charge is 2.33. The minimum atomic E-state index is -3.91. The van der Waals surface area contributed by atoms with Gasteiger partial charge in [-0.15, -0.1) is 0 Å². The summed E-state index contributed by atoms with van der Waals surface area (Å²) >= 11 is 0. The van der Waals surface area contributed by atoms with Crippen LogP contribution in [-0.2, 0) is 14.8 Å². The molecule has 0 radical (unpaired) electrons. The largest absolute Gasteiger partial charge is 0.486 e. The van der Waals surface area contributed by atoms with Crippen molar-refractivity contribution in [3.8, 4) is 11.5 Å². The highest BCUT2D eigenvalue weighted by molar-refractivity contribution is 7.92. The fourth-order valence-electron chi connectivity index (χ4n) is 3.30. The van der Waals surface area contributed by atoms with Gasteiger partial charge < -0.3 is 14.8 Å². The van der Waals surface area contributed by atoms with Crippen LogP contribution in [-0.4, -0.2) is 50.8 Å². The Morgan fingerprint density at radius 3 is 2.61 bits per heavy atom. The Hall–Kier alpha value is -3.34. The van der Waals surface area contributed by atoms with Crippen LogP contribution >= 0.6 is 0 Å². The third-order valence-electron chi connectivity index (χ3n) is 4.70. The summed E-state index contributed by atoms with van der Waals surface area (Å²) in [6.45, 7) is 2.00. The molecule has 3 rings (SSSR count). The van der Waals surface area contributed by atoms with Gasteiger partial charge in [0, 0.05) is 12.1 Å².